The van der Waals surface area contributed by atoms with E-state index in [2.05, 4.69) is 5.32 Å². The standard InChI is InChI=1S/C36H35ClF3N3O4S/c37-29-15-9-13-27(21-29)24-42(33(22-26-11-3-1-4-12-26)35(45)41-30-16-7-8-17-30)34(44)25-43(48(46,47)32-19-5-2-6-20-32)31-18-10-14-28(23-31)36(38,39)40/h1-6,9-15,18-21,23,30,33H,7-8,16-17,22,24-25H2,(H,41,45)/t33-/m0/s1. The first-order chi connectivity index (χ1) is 22.9. The highest BCUT2D eigenvalue weighted by molar-refractivity contribution is 7.92. The SMILES string of the molecule is O=C(NC1CCCC1)[C@H](Cc1ccccc1)N(Cc1cccc(Cl)c1)C(=O)CN(c1cccc(C(F)(F)F)c1)S(=O)(=O)c1ccccc1. The van der Waals surface area contributed by atoms with Gasteiger partial charge in [0.1, 0.15) is 12.6 Å². The van der Waals surface area contributed by atoms with Gasteiger partial charge in [-0.15, -0.1) is 0 Å². The lowest BCUT2D eigenvalue weighted by Crippen LogP contribution is -2.54. The predicted octanol–water partition coefficient (Wildman–Crippen LogP) is 7.25. The molecule has 5 rings (SSSR count). The van der Waals surface area contributed by atoms with E-state index in [1.165, 1.54) is 35.2 Å². The quantitative estimate of drug-likeness (QED) is 0.169. The molecule has 0 radical (unpaired) electrons. The molecule has 0 bridgehead atoms. The Hall–Kier alpha value is -4.35. The van der Waals surface area contributed by atoms with Crippen LogP contribution >= 0.6 is 11.6 Å². The van der Waals surface area contributed by atoms with Crippen LogP contribution in [0.25, 0.3) is 0 Å². The lowest BCUT2D eigenvalue weighted by Gasteiger charge is -2.34. The third-order valence-corrected chi connectivity index (χ3v) is 10.3. The first-order valence-electron chi connectivity index (χ1n) is 15.5. The van der Waals surface area contributed by atoms with Crippen molar-refractivity contribution < 1.29 is 31.2 Å². The topological polar surface area (TPSA) is 86.8 Å². The number of nitrogens with one attached hydrogen (secondary N) is 1. The van der Waals surface area contributed by atoms with Gasteiger partial charge in [-0.05, 0) is 66.4 Å². The molecule has 2 amide bonds. The molecule has 1 aliphatic rings. The van der Waals surface area contributed by atoms with Crippen molar-refractivity contribution in [3.63, 3.8) is 0 Å². The molecule has 1 N–H and O–H groups in total. The van der Waals surface area contributed by atoms with Crippen LogP contribution in [0.5, 0.6) is 0 Å². The lowest BCUT2D eigenvalue weighted by atomic mass is 10.0. The maximum absolute atomic E-state index is 14.5. The van der Waals surface area contributed by atoms with Crippen molar-refractivity contribution in [3.05, 3.63) is 131 Å². The molecule has 0 aliphatic heterocycles. The number of carbonyl (C=O) groups is 2. The Morgan fingerprint density at radius 3 is 2.10 bits per heavy atom. The van der Waals surface area contributed by atoms with Gasteiger partial charge in [-0.2, -0.15) is 13.2 Å². The first kappa shape index (κ1) is 35.0. The van der Waals surface area contributed by atoms with Gasteiger partial charge in [0.2, 0.25) is 11.8 Å². The monoisotopic (exact) mass is 697 g/mol. The minimum Gasteiger partial charge on any atom is -0.352 e. The number of rotatable bonds is 12. The van der Waals surface area contributed by atoms with Crippen molar-refractivity contribution in [3.8, 4) is 0 Å². The van der Waals surface area contributed by atoms with Crippen LogP contribution in [0.1, 0.15) is 42.4 Å². The van der Waals surface area contributed by atoms with E-state index in [4.69, 9.17) is 11.6 Å². The summed E-state index contributed by atoms with van der Waals surface area (Å²) < 4.78 is 70.1. The number of halogens is 4. The van der Waals surface area contributed by atoms with E-state index in [0.29, 0.717) is 21.0 Å². The van der Waals surface area contributed by atoms with Gasteiger partial charge in [0.15, 0.2) is 0 Å². The van der Waals surface area contributed by atoms with E-state index < -0.39 is 46.2 Å². The Morgan fingerprint density at radius 2 is 1.46 bits per heavy atom. The van der Waals surface area contributed by atoms with Crippen molar-refractivity contribution in [2.45, 2.75) is 61.8 Å². The highest BCUT2D eigenvalue weighted by Gasteiger charge is 2.37. The second-order valence-corrected chi connectivity index (χ2v) is 14.0. The number of hydrogen-bond acceptors (Lipinski definition) is 4. The van der Waals surface area contributed by atoms with Gasteiger partial charge in [-0.25, -0.2) is 8.42 Å². The van der Waals surface area contributed by atoms with Gasteiger partial charge in [0.05, 0.1) is 16.1 Å². The summed E-state index contributed by atoms with van der Waals surface area (Å²) in [5.41, 5.74) is -0.0761. The third kappa shape index (κ3) is 8.76. The average Bonchev–Trinajstić information content (AvgIpc) is 3.58. The summed E-state index contributed by atoms with van der Waals surface area (Å²) >= 11 is 6.27. The van der Waals surface area contributed by atoms with Gasteiger partial charge in [0, 0.05) is 24.0 Å². The predicted molar refractivity (Wildman–Crippen MR) is 179 cm³/mol. The van der Waals surface area contributed by atoms with Crippen molar-refractivity contribution in [2.24, 2.45) is 0 Å². The van der Waals surface area contributed by atoms with Gasteiger partial charge >= 0.3 is 6.18 Å². The van der Waals surface area contributed by atoms with Crippen LogP contribution in [0.15, 0.2) is 114 Å². The molecule has 0 heterocycles. The summed E-state index contributed by atoms with van der Waals surface area (Å²) in [4.78, 5) is 29.7. The van der Waals surface area contributed by atoms with Gasteiger partial charge in [0.25, 0.3) is 10.0 Å². The van der Waals surface area contributed by atoms with Gasteiger partial charge in [-0.3, -0.25) is 13.9 Å². The Labute approximate surface area is 283 Å². The molecule has 0 aromatic heterocycles. The normalized spacial score (nSPS) is 14.3. The van der Waals surface area contributed by atoms with Crippen molar-refractivity contribution in [1.82, 2.24) is 10.2 Å². The molecular formula is C36H35ClF3N3O4S. The summed E-state index contributed by atoms with van der Waals surface area (Å²) in [6.07, 6.45) is -1.14. The van der Waals surface area contributed by atoms with E-state index in [0.717, 1.165) is 43.4 Å². The fraction of sp³-hybridized carbons (Fsp3) is 0.278. The Balaban J connectivity index is 1.59. The van der Waals surface area contributed by atoms with Gasteiger partial charge < -0.3 is 10.2 Å². The van der Waals surface area contributed by atoms with Crippen LogP contribution in [0.3, 0.4) is 0 Å². The molecule has 0 saturated heterocycles. The van der Waals surface area contributed by atoms with Crippen LogP contribution in [0, 0.1) is 0 Å². The van der Waals surface area contributed by atoms with Crippen LogP contribution in [-0.4, -0.2) is 43.8 Å². The number of hydrogen-bond donors (Lipinski definition) is 1. The molecule has 0 unspecified atom stereocenters. The van der Waals surface area contributed by atoms with Gasteiger partial charge in [-0.1, -0.05) is 91.2 Å². The molecule has 4 aromatic rings. The van der Waals surface area contributed by atoms with Crippen molar-refractivity contribution >= 4 is 39.1 Å². The van der Waals surface area contributed by atoms with Crippen molar-refractivity contribution in [1.29, 1.82) is 0 Å². The molecule has 1 saturated carbocycles. The smallest absolute Gasteiger partial charge is 0.352 e. The average molecular weight is 698 g/mol. The second-order valence-electron chi connectivity index (χ2n) is 11.7. The van der Waals surface area contributed by atoms with E-state index in [1.807, 2.05) is 30.3 Å². The Bertz CT molecular complexity index is 1820. The zero-order valence-electron chi connectivity index (χ0n) is 25.9. The zero-order valence-corrected chi connectivity index (χ0v) is 27.5. The molecule has 1 aliphatic carbocycles. The van der Waals surface area contributed by atoms with E-state index >= 15 is 0 Å². The number of carbonyl (C=O) groups excluding carboxylic acids is 2. The molecule has 1 fully saturated rings. The number of anilines is 1. The van der Waals surface area contributed by atoms with Crippen LogP contribution in [0.2, 0.25) is 5.02 Å². The molecule has 0 spiro atoms. The summed E-state index contributed by atoms with van der Waals surface area (Å²) in [6, 6.07) is 25.7. The summed E-state index contributed by atoms with van der Waals surface area (Å²) in [5, 5.41) is 3.48. The zero-order chi connectivity index (χ0) is 34.3. The molecule has 7 nitrogen and oxygen atoms in total. The molecule has 4 aromatic carbocycles. The summed E-state index contributed by atoms with van der Waals surface area (Å²) in [5.74, 6) is -1.19. The maximum atomic E-state index is 14.5. The van der Waals surface area contributed by atoms with Crippen LogP contribution < -0.4 is 9.62 Å². The number of amides is 2. The lowest BCUT2D eigenvalue weighted by molar-refractivity contribution is -0.140. The largest absolute Gasteiger partial charge is 0.416 e. The number of alkyl halides is 3. The maximum Gasteiger partial charge on any atom is 0.416 e. The van der Waals surface area contributed by atoms with Crippen LogP contribution in [0.4, 0.5) is 18.9 Å². The molecule has 48 heavy (non-hydrogen) atoms. The molecular weight excluding hydrogens is 663 g/mol. The summed E-state index contributed by atoms with van der Waals surface area (Å²) in [7, 11) is -4.55. The molecule has 12 heteroatoms. The Morgan fingerprint density at radius 1 is 0.833 bits per heavy atom. The van der Waals surface area contributed by atoms with Crippen molar-refractivity contribution in [2.75, 3.05) is 10.8 Å². The second kappa shape index (κ2) is 15.3. The number of sulfonamides is 1. The fourth-order valence-corrected chi connectivity index (χ4v) is 7.48. The minimum atomic E-state index is -4.76. The molecule has 1 atom stereocenters. The minimum absolute atomic E-state index is 0.0704. The highest BCUT2D eigenvalue weighted by atomic mass is 35.5. The number of nitrogens with zero attached hydrogens (tertiary/aromatic N) is 2. The van der Waals surface area contributed by atoms with E-state index in [1.54, 1.807) is 30.3 Å². The van der Waals surface area contributed by atoms with E-state index in [9.17, 15) is 31.2 Å². The fourth-order valence-electron chi connectivity index (χ4n) is 5.84. The first-order valence-corrected chi connectivity index (χ1v) is 17.4. The molecule has 252 valence electrons. The van der Waals surface area contributed by atoms with Crippen LogP contribution in [-0.2, 0) is 38.8 Å². The highest BCUT2D eigenvalue weighted by Crippen LogP contribution is 2.33. The Kier molecular flexibility index (Phi) is 11.1. The number of benzene rings is 4. The third-order valence-electron chi connectivity index (χ3n) is 8.29. The summed E-state index contributed by atoms with van der Waals surface area (Å²) in [6.45, 7) is -0.988. The van der Waals surface area contributed by atoms with E-state index in [-0.39, 0.29) is 29.6 Å².